The lowest BCUT2D eigenvalue weighted by molar-refractivity contribution is 0.206. The van der Waals surface area contributed by atoms with Gasteiger partial charge in [0.25, 0.3) is 0 Å². The Kier molecular flexibility index (Phi) is 5.26. The van der Waals surface area contributed by atoms with E-state index in [0.717, 1.165) is 17.3 Å². The van der Waals surface area contributed by atoms with Gasteiger partial charge in [-0.05, 0) is 18.2 Å². The van der Waals surface area contributed by atoms with Crippen LogP contribution < -0.4 is 5.32 Å². The molecule has 3 rings (SSSR count). The van der Waals surface area contributed by atoms with Crippen LogP contribution in [0.5, 0.6) is 0 Å². The highest BCUT2D eigenvalue weighted by molar-refractivity contribution is 5.73. The van der Waals surface area contributed by atoms with Gasteiger partial charge in [0.1, 0.15) is 11.6 Å². The Hall–Kier alpha value is -3.22. The van der Waals surface area contributed by atoms with Crippen molar-refractivity contribution in [2.75, 3.05) is 7.05 Å². The standard InChI is InChI=1S/C19H18F2N4O/c1-24(13-15-7-8-16(20)9-18(15)21)19(26)22-10-14-11-23-25(12-14)17-5-3-2-4-6-17/h2-9,11-12H,10,13H2,1H3,(H,22,26). The summed E-state index contributed by atoms with van der Waals surface area (Å²) in [4.78, 5) is 13.5. The highest BCUT2D eigenvalue weighted by Gasteiger charge is 2.12. The molecule has 1 aromatic heterocycles. The van der Waals surface area contributed by atoms with Crippen molar-refractivity contribution in [3.05, 3.63) is 83.7 Å². The van der Waals surface area contributed by atoms with Crippen LogP contribution in [0.25, 0.3) is 5.69 Å². The monoisotopic (exact) mass is 356 g/mol. The Morgan fingerprint density at radius 3 is 2.69 bits per heavy atom. The summed E-state index contributed by atoms with van der Waals surface area (Å²) in [6.07, 6.45) is 3.50. The van der Waals surface area contributed by atoms with Gasteiger partial charge in [0, 0.05) is 43.5 Å². The number of aromatic nitrogens is 2. The molecule has 5 nitrogen and oxygen atoms in total. The van der Waals surface area contributed by atoms with Crippen molar-refractivity contribution in [2.45, 2.75) is 13.1 Å². The van der Waals surface area contributed by atoms with Crippen LogP contribution in [0.3, 0.4) is 0 Å². The minimum atomic E-state index is -0.672. The molecular formula is C19H18F2N4O. The fourth-order valence-electron chi connectivity index (χ4n) is 2.46. The number of nitrogens with zero attached hydrogens (tertiary/aromatic N) is 3. The van der Waals surface area contributed by atoms with Crippen molar-refractivity contribution < 1.29 is 13.6 Å². The van der Waals surface area contributed by atoms with Gasteiger partial charge in [-0.1, -0.05) is 24.3 Å². The van der Waals surface area contributed by atoms with Crippen molar-refractivity contribution >= 4 is 6.03 Å². The maximum atomic E-state index is 13.7. The van der Waals surface area contributed by atoms with Crippen LogP contribution in [0.4, 0.5) is 13.6 Å². The molecule has 3 aromatic rings. The van der Waals surface area contributed by atoms with Crippen LogP contribution in [0.1, 0.15) is 11.1 Å². The first kappa shape index (κ1) is 17.6. The second-order valence-electron chi connectivity index (χ2n) is 5.88. The molecule has 1 N–H and O–H groups in total. The number of carbonyl (C=O) groups is 1. The molecule has 0 spiro atoms. The van der Waals surface area contributed by atoms with E-state index < -0.39 is 11.6 Å². The molecule has 0 saturated heterocycles. The number of urea groups is 1. The predicted molar refractivity (Wildman–Crippen MR) is 93.6 cm³/mol. The van der Waals surface area contributed by atoms with Gasteiger partial charge in [-0.25, -0.2) is 18.3 Å². The zero-order chi connectivity index (χ0) is 18.5. The summed E-state index contributed by atoms with van der Waals surface area (Å²) < 4.78 is 28.3. The molecule has 7 heteroatoms. The van der Waals surface area contributed by atoms with Gasteiger partial charge in [-0.15, -0.1) is 0 Å². The lowest BCUT2D eigenvalue weighted by Gasteiger charge is -2.18. The lowest BCUT2D eigenvalue weighted by atomic mass is 10.2. The second-order valence-corrected chi connectivity index (χ2v) is 5.88. The van der Waals surface area contributed by atoms with Crippen molar-refractivity contribution in [1.82, 2.24) is 20.0 Å². The van der Waals surface area contributed by atoms with Gasteiger partial charge >= 0.3 is 6.03 Å². The Morgan fingerprint density at radius 1 is 1.19 bits per heavy atom. The summed E-state index contributed by atoms with van der Waals surface area (Å²) in [7, 11) is 1.55. The molecule has 0 bridgehead atoms. The minimum absolute atomic E-state index is 0.0429. The highest BCUT2D eigenvalue weighted by Crippen LogP contribution is 2.12. The van der Waals surface area contributed by atoms with E-state index in [-0.39, 0.29) is 18.1 Å². The molecule has 0 aliphatic heterocycles. The first-order valence-corrected chi connectivity index (χ1v) is 8.05. The predicted octanol–water partition coefficient (Wildman–Crippen LogP) is 3.49. The van der Waals surface area contributed by atoms with Crippen LogP contribution in [-0.2, 0) is 13.1 Å². The molecule has 2 aromatic carbocycles. The third kappa shape index (κ3) is 4.24. The van der Waals surface area contributed by atoms with Gasteiger partial charge < -0.3 is 10.2 Å². The first-order valence-electron chi connectivity index (χ1n) is 8.05. The molecule has 134 valence electrons. The van der Waals surface area contributed by atoms with Crippen molar-refractivity contribution in [3.63, 3.8) is 0 Å². The van der Waals surface area contributed by atoms with Gasteiger partial charge in [0.05, 0.1) is 11.9 Å². The first-order chi connectivity index (χ1) is 12.5. The Balaban J connectivity index is 1.56. The molecule has 0 fully saturated rings. The summed E-state index contributed by atoms with van der Waals surface area (Å²) in [6, 6.07) is 12.6. The molecule has 0 radical (unpaired) electrons. The quantitative estimate of drug-likeness (QED) is 0.761. The number of hydrogen-bond donors (Lipinski definition) is 1. The number of amides is 2. The van der Waals surface area contributed by atoms with Crippen LogP contribution >= 0.6 is 0 Å². The van der Waals surface area contributed by atoms with Gasteiger partial charge in [-0.3, -0.25) is 0 Å². The van der Waals surface area contributed by atoms with Crippen LogP contribution in [-0.4, -0.2) is 27.8 Å². The SMILES string of the molecule is CN(Cc1ccc(F)cc1F)C(=O)NCc1cnn(-c2ccccc2)c1. The van der Waals surface area contributed by atoms with Gasteiger partial charge in [0.2, 0.25) is 0 Å². The minimum Gasteiger partial charge on any atom is -0.334 e. The largest absolute Gasteiger partial charge is 0.334 e. The number of nitrogens with one attached hydrogen (secondary N) is 1. The zero-order valence-corrected chi connectivity index (χ0v) is 14.2. The molecule has 26 heavy (non-hydrogen) atoms. The third-order valence-corrected chi connectivity index (χ3v) is 3.87. The fourth-order valence-corrected chi connectivity index (χ4v) is 2.46. The summed E-state index contributed by atoms with van der Waals surface area (Å²) in [6.45, 7) is 0.336. The van der Waals surface area contributed by atoms with Crippen LogP contribution in [0.15, 0.2) is 60.9 Å². The van der Waals surface area contributed by atoms with E-state index in [1.807, 2.05) is 36.5 Å². The van der Waals surface area contributed by atoms with E-state index in [1.165, 1.54) is 17.0 Å². The van der Waals surface area contributed by atoms with E-state index in [1.54, 1.807) is 17.9 Å². The number of hydrogen-bond acceptors (Lipinski definition) is 2. The molecule has 0 saturated carbocycles. The molecule has 0 aliphatic rings. The number of carbonyl (C=O) groups excluding carboxylic acids is 1. The van der Waals surface area contributed by atoms with E-state index in [9.17, 15) is 13.6 Å². The smallest absolute Gasteiger partial charge is 0.317 e. The average Bonchev–Trinajstić information content (AvgIpc) is 3.11. The van der Waals surface area contributed by atoms with Crippen LogP contribution in [0.2, 0.25) is 0 Å². The van der Waals surface area contributed by atoms with E-state index in [2.05, 4.69) is 10.4 Å². The Bertz CT molecular complexity index is 896. The summed E-state index contributed by atoms with van der Waals surface area (Å²) in [5.41, 5.74) is 2.01. The highest BCUT2D eigenvalue weighted by atomic mass is 19.1. The average molecular weight is 356 g/mol. The maximum absolute atomic E-state index is 13.7. The molecule has 0 unspecified atom stereocenters. The van der Waals surface area contributed by atoms with Crippen molar-refractivity contribution in [1.29, 1.82) is 0 Å². The summed E-state index contributed by atoms with van der Waals surface area (Å²) in [5.74, 6) is -1.32. The second kappa shape index (κ2) is 7.77. The Labute approximate surface area is 149 Å². The number of halogens is 2. The fraction of sp³-hybridized carbons (Fsp3) is 0.158. The van der Waals surface area contributed by atoms with Gasteiger partial charge in [-0.2, -0.15) is 5.10 Å². The van der Waals surface area contributed by atoms with Crippen LogP contribution in [0, 0.1) is 11.6 Å². The number of benzene rings is 2. The van der Waals surface area contributed by atoms with Crippen molar-refractivity contribution in [3.8, 4) is 5.69 Å². The van der Waals surface area contributed by atoms with E-state index in [4.69, 9.17) is 0 Å². The van der Waals surface area contributed by atoms with E-state index in [0.29, 0.717) is 6.54 Å². The maximum Gasteiger partial charge on any atom is 0.317 e. The molecule has 1 heterocycles. The summed E-state index contributed by atoms with van der Waals surface area (Å²) >= 11 is 0. The lowest BCUT2D eigenvalue weighted by Crippen LogP contribution is -2.36. The molecular weight excluding hydrogens is 338 g/mol. The molecule has 0 atom stereocenters. The topological polar surface area (TPSA) is 50.2 Å². The van der Waals surface area contributed by atoms with Crippen molar-refractivity contribution in [2.24, 2.45) is 0 Å². The van der Waals surface area contributed by atoms with Gasteiger partial charge in [0.15, 0.2) is 0 Å². The zero-order valence-electron chi connectivity index (χ0n) is 14.2. The number of rotatable bonds is 5. The normalized spacial score (nSPS) is 10.6. The summed E-state index contributed by atoms with van der Waals surface area (Å²) in [5, 5.41) is 7.02. The number of para-hydroxylation sites is 1. The van der Waals surface area contributed by atoms with E-state index >= 15 is 0 Å². The Morgan fingerprint density at radius 2 is 1.96 bits per heavy atom. The molecule has 0 aliphatic carbocycles. The third-order valence-electron chi connectivity index (χ3n) is 3.87. The molecule has 2 amide bonds.